The number of nitrogens with one attached hydrogen (secondary N) is 2. The third-order valence-electron chi connectivity index (χ3n) is 1.02. The molecule has 0 aliphatic rings. The van der Waals surface area contributed by atoms with Gasteiger partial charge in [0.15, 0.2) is 17.8 Å². The van der Waals surface area contributed by atoms with Gasteiger partial charge in [-0.05, 0) is 0 Å². The molecule has 0 heterocycles. The lowest BCUT2D eigenvalue weighted by molar-refractivity contribution is -0.133. The second kappa shape index (κ2) is 4.86. The Morgan fingerprint density at radius 1 is 1.46 bits per heavy atom. The lowest BCUT2D eigenvalue weighted by Crippen LogP contribution is -2.35. The number of amides is 2. The van der Waals surface area contributed by atoms with Crippen LogP contribution in [0.1, 0.15) is 0 Å². The van der Waals surface area contributed by atoms with Crippen LogP contribution in [0.3, 0.4) is 0 Å². The minimum Gasteiger partial charge on any atom is -0.476 e. The van der Waals surface area contributed by atoms with E-state index in [1.165, 1.54) is 7.05 Å². The highest BCUT2D eigenvalue weighted by molar-refractivity contribution is 5.96. The van der Waals surface area contributed by atoms with Gasteiger partial charge in [-0.2, -0.15) is 0 Å². The van der Waals surface area contributed by atoms with Gasteiger partial charge in [0.25, 0.3) is 0 Å². The van der Waals surface area contributed by atoms with Crippen molar-refractivity contribution in [3.05, 3.63) is 11.5 Å². The number of urea groups is 1. The van der Waals surface area contributed by atoms with E-state index in [2.05, 4.69) is 0 Å². The summed E-state index contributed by atoms with van der Waals surface area (Å²) in [6.07, 6.45) is -0.306. The molecular weight excluding hydrogens is 183 g/mol. The molecule has 0 atom stereocenters. The quantitative estimate of drug-likeness (QED) is 0.408. The molecule has 0 aromatic carbocycles. The third kappa shape index (κ3) is 3.32. The molecule has 0 saturated heterocycles. The summed E-state index contributed by atoms with van der Waals surface area (Å²) >= 11 is 0. The van der Waals surface area contributed by atoms with Crippen LogP contribution in [-0.4, -0.2) is 30.4 Å². The van der Waals surface area contributed by atoms with Crippen molar-refractivity contribution in [2.24, 2.45) is 0 Å². The highest BCUT2D eigenvalue weighted by Gasteiger charge is 2.16. The number of aliphatic carboxylic acids is 1. The molecule has 2 amide bonds. The van der Waals surface area contributed by atoms with Gasteiger partial charge in [-0.25, -0.2) is 14.0 Å². The van der Waals surface area contributed by atoms with Crippen LogP contribution >= 0.6 is 0 Å². The number of carboxylic acid groups (broad SMARTS) is 1. The van der Waals surface area contributed by atoms with Crippen molar-refractivity contribution in [2.45, 2.75) is 0 Å². The maximum absolute atomic E-state index is 12.4. The largest absolute Gasteiger partial charge is 0.476 e. The summed E-state index contributed by atoms with van der Waals surface area (Å²) in [7, 11) is 1.22. The Bertz CT molecular complexity index is 274. The van der Waals surface area contributed by atoms with Crippen LogP contribution in [0.2, 0.25) is 0 Å². The molecule has 72 valence electrons. The second-order valence-electron chi connectivity index (χ2n) is 1.85. The Kier molecular flexibility index (Phi) is 4.14. The molecular formula is C6H7FN2O4. The first kappa shape index (κ1) is 11.1. The van der Waals surface area contributed by atoms with Crippen molar-refractivity contribution < 1.29 is 23.9 Å². The molecule has 0 saturated carbocycles. The van der Waals surface area contributed by atoms with Crippen LogP contribution in [0.4, 0.5) is 9.18 Å². The average molecular weight is 190 g/mol. The first-order valence-electron chi connectivity index (χ1n) is 3.10. The summed E-state index contributed by atoms with van der Waals surface area (Å²) in [5.74, 6) is -3.27. The Labute approximate surface area is 72.4 Å². The molecule has 0 unspecified atom stereocenters. The maximum Gasteiger partial charge on any atom is 0.355 e. The topological polar surface area (TPSA) is 95.5 Å². The van der Waals surface area contributed by atoms with E-state index in [1.807, 2.05) is 5.32 Å². The van der Waals surface area contributed by atoms with E-state index in [9.17, 15) is 18.8 Å². The van der Waals surface area contributed by atoms with Crippen molar-refractivity contribution >= 4 is 18.3 Å². The van der Waals surface area contributed by atoms with Crippen molar-refractivity contribution in [2.75, 3.05) is 7.05 Å². The van der Waals surface area contributed by atoms with Crippen molar-refractivity contribution in [3.63, 3.8) is 0 Å². The number of allylic oxidation sites excluding steroid dienone is 1. The summed E-state index contributed by atoms with van der Waals surface area (Å²) < 4.78 is 12.4. The molecule has 0 aliphatic heterocycles. The Morgan fingerprint density at radius 3 is 2.31 bits per heavy atom. The SMILES string of the molecule is CNC(=O)N/C(C(=O)O)=C(/F)C=O. The van der Waals surface area contributed by atoms with Gasteiger partial charge in [-0.15, -0.1) is 0 Å². The Hall–Kier alpha value is -1.92. The third-order valence-corrected chi connectivity index (χ3v) is 1.02. The molecule has 7 heteroatoms. The molecule has 13 heavy (non-hydrogen) atoms. The maximum atomic E-state index is 12.4. The van der Waals surface area contributed by atoms with E-state index in [0.29, 0.717) is 0 Å². The van der Waals surface area contributed by atoms with Crippen LogP contribution in [0.15, 0.2) is 11.5 Å². The minimum atomic E-state index is -1.73. The number of rotatable bonds is 3. The fourth-order valence-electron chi connectivity index (χ4n) is 0.450. The van der Waals surface area contributed by atoms with Crippen LogP contribution in [0.5, 0.6) is 0 Å². The fourth-order valence-corrected chi connectivity index (χ4v) is 0.450. The summed E-state index contributed by atoms with van der Waals surface area (Å²) in [5.41, 5.74) is -1.09. The van der Waals surface area contributed by atoms with E-state index in [0.717, 1.165) is 0 Å². The number of carboxylic acids is 1. The Balaban J connectivity index is 4.74. The number of carbonyl (C=O) groups is 3. The normalized spacial score (nSPS) is 11.2. The van der Waals surface area contributed by atoms with E-state index < -0.39 is 23.5 Å². The van der Waals surface area contributed by atoms with Crippen molar-refractivity contribution in [1.29, 1.82) is 0 Å². The minimum absolute atomic E-state index is 0.306. The summed E-state index contributed by atoms with van der Waals surface area (Å²) in [4.78, 5) is 30.6. The van der Waals surface area contributed by atoms with Gasteiger partial charge in [0.05, 0.1) is 0 Å². The van der Waals surface area contributed by atoms with Gasteiger partial charge in [0.2, 0.25) is 0 Å². The molecule has 0 aromatic rings. The summed E-state index contributed by atoms with van der Waals surface area (Å²) in [5, 5.41) is 12.0. The highest BCUT2D eigenvalue weighted by Crippen LogP contribution is 1.99. The lowest BCUT2D eigenvalue weighted by Gasteiger charge is -2.03. The van der Waals surface area contributed by atoms with Gasteiger partial charge in [0.1, 0.15) is 0 Å². The van der Waals surface area contributed by atoms with E-state index in [-0.39, 0.29) is 6.29 Å². The van der Waals surface area contributed by atoms with E-state index in [1.54, 1.807) is 5.32 Å². The fraction of sp³-hybridized carbons (Fsp3) is 0.167. The second-order valence-corrected chi connectivity index (χ2v) is 1.85. The monoisotopic (exact) mass is 190 g/mol. The summed E-state index contributed by atoms with van der Waals surface area (Å²) in [6, 6.07) is -0.922. The van der Waals surface area contributed by atoms with Gasteiger partial charge in [-0.3, -0.25) is 10.1 Å². The predicted molar refractivity (Wildman–Crippen MR) is 39.4 cm³/mol. The predicted octanol–water partition coefficient (Wildman–Crippen LogP) is -0.620. The number of carbonyl (C=O) groups excluding carboxylic acids is 2. The van der Waals surface area contributed by atoms with Crippen LogP contribution in [0.25, 0.3) is 0 Å². The molecule has 0 bridgehead atoms. The molecule has 0 fully saturated rings. The number of aldehydes is 1. The zero-order valence-corrected chi connectivity index (χ0v) is 6.63. The zero-order chi connectivity index (χ0) is 10.4. The van der Waals surface area contributed by atoms with Crippen LogP contribution in [0, 0.1) is 0 Å². The number of hydrogen-bond donors (Lipinski definition) is 3. The molecule has 0 spiro atoms. The highest BCUT2D eigenvalue weighted by atomic mass is 19.1. The van der Waals surface area contributed by atoms with Gasteiger partial charge in [0, 0.05) is 7.05 Å². The van der Waals surface area contributed by atoms with Crippen LogP contribution < -0.4 is 10.6 Å². The molecule has 0 rings (SSSR count). The Morgan fingerprint density at radius 2 is 2.00 bits per heavy atom. The van der Waals surface area contributed by atoms with Crippen molar-refractivity contribution in [3.8, 4) is 0 Å². The van der Waals surface area contributed by atoms with Gasteiger partial charge in [-0.1, -0.05) is 0 Å². The average Bonchev–Trinajstić information content (AvgIpc) is 2.11. The van der Waals surface area contributed by atoms with Crippen molar-refractivity contribution in [1.82, 2.24) is 10.6 Å². The molecule has 0 aromatic heterocycles. The molecule has 6 nitrogen and oxygen atoms in total. The van der Waals surface area contributed by atoms with Gasteiger partial charge >= 0.3 is 12.0 Å². The molecule has 0 aliphatic carbocycles. The van der Waals surface area contributed by atoms with Crippen LogP contribution in [-0.2, 0) is 9.59 Å². The molecule has 3 N–H and O–H groups in total. The smallest absolute Gasteiger partial charge is 0.355 e. The van der Waals surface area contributed by atoms with Gasteiger partial charge < -0.3 is 10.4 Å². The van der Waals surface area contributed by atoms with E-state index in [4.69, 9.17) is 5.11 Å². The lowest BCUT2D eigenvalue weighted by atomic mass is 10.4. The number of halogens is 1. The standard InChI is InChI=1S/C6H7FN2O4/c1-8-6(13)9-4(5(11)12)3(7)2-10/h2H,1H3,(H,11,12)(H2,8,9,13)/b4-3+. The first-order valence-corrected chi connectivity index (χ1v) is 3.10. The number of hydrogen-bond acceptors (Lipinski definition) is 3. The summed E-state index contributed by atoms with van der Waals surface area (Å²) in [6.45, 7) is 0. The first-order chi connectivity index (χ1) is 6.02. The molecule has 0 radical (unpaired) electrons. The zero-order valence-electron chi connectivity index (χ0n) is 6.63. The van der Waals surface area contributed by atoms with E-state index >= 15 is 0 Å².